The normalized spacial score (nSPS) is 27.6. The quantitative estimate of drug-likeness (QED) is 0.0876. The Hall–Kier alpha value is -3.35. The molecule has 5 unspecified atom stereocenters. The van der Waals surface area contributed by atoms with Crippen LogP contribution in [-0.2, 0) is 39.5 Å². The van der Waals surface area contributed by atoms with Gasteiger partial charge in [-0.2, -0.15) is 4.98 Å². The fourth-order valence-corrected chi connectivity index (χ4v) is 8.48. The Kier molecular flexibility index (Phi) is 11.2. The highest BCUT2D eigenvalue weighted by molar-refractivity contribution is 8.07. The molecule has 296 valence electrons. The zero-order valence-corrected chi connectivity index (χ0v) is 33.2. The summed E-state index contributed by atoms with van der Waals surface area (Å²) in [4.78, 5) is 60.1. The topological polar surface area (TPSA) is 269 Å². The third-order valence-electron chi connectivity index (χ3n) is 9.79. The molecule has 24 heteroatoms. The maximum Gasteiger partial charge on any atom is 0.325 e. The molecule has 6 heterocycles. The Balaban J connectivity index is 1.29. The van der Waals surface area contributed by atoms with E-state index in [0.717, 1.165) is 0 Å². The second-order valence-electron chi connectivity index (χ2n) is 14.9. The summed E-state index contributed by atoms with van der Waals surface area (Å²) >= 11 is 5.44. The molecule has 9 atom stereocenters. The predicted octanol–water partition coefficient (Wildman–Crippen LogP) is 1.63. The molecule has 20 nitrogen and oxygen atoms in total. The second kappa shape index (κ2) is 15.0. The van der Waals surface area contributed by atoms with Crippen LogP contribution in [0.25, 0.3) is 22.3 Å². The third kappa shape index (κ3) is 7.71. The van der Waals surface area contributed by atoms with Gasteiger partial charge in [0, 0.05) is 5.92 Å². The highest BCUT2D eigenvalue weighted by Gasteiger charge is 2.54. The number of amides is 1. The molecule has 0 aromatic carbocycles. The lowest BCUT2D eigenvalue weighted by Gasteiger charge is -2.40. The van der Waals surface area contributed by atoms with Gasteiger partial charge in [0.05, 0.1) is 25.9 Å². The van der Waals surface area contributed by atoms with Crippen molar-refractivity contribution in [2.45, 2.75) is 102 Å². The summed E-state index contributed by atoms with van der Waals surface area (Å²) in [7, 11) is -2.65. The standard InChI is InChI=1S/C30H44FN10O10PSSi/c1-13(2)25(44)38-29-37-24-18(26(45)39-29)36-12-41(24)28-21(20(14(8-42)48-28)51-54(6,7)30(3,4)5)50-52(46,53)47-9-15-19(43)16(31)27(49-15)40-11-35-17-22(32)33-10-34-23(17)40/h10-16,19-21,27-28,42-43H,8-9H2,1-7H3,(H,46,53)(H2,32,33,34)(H2,37,38,39,44,45)/t14-,15-,16?,19?,20?,21?,27-,28-,52?/m1/s1. The Morgan fingerprint density at radius 1 is 1.11 bits per heavy atom. The fourth-order valence-electron chi connectivity index (χ4n) is 5.76. The summed E-state index contributed by atoms with van der Waals surface area (Å²) in [6.45, 7) is 7.84. The first kappa shape index (κ1) is 40.3. The molecule has 0 aliphatic carbocycles. The van der Waals surface area contributed by atoms with Gasteiger partial charge in [-0.15, -0.1) is 0 Å². The number of hydrogen-bond acceptors (Lipinski definition) is 16. The number of carbonyl (C=O) groups excluding carboxylic acids is 1. The monoisotopic (exact) mass is 814 g/mol. The molecule has 4 aromatic rings. The number of nitrogens with zero attached hydrogens (tertiary/aromatic N) is 7. The molecule has 0 spiro atoms. The highest BCUT2D eigenvalue weighted by atomic mass is 32.5. The molecule has 6 rings (SSSR count). The summed E-state index contributed by atoms with van der Waals surface area (Å²) in [5.41, 5.74) is 5.48. The summed E-state index contributed by atoms with van der Waals surface area (Å²) in [6, 6.07) is 0. The van der Waals surface area contributed by atoms with Gasteiger partial charge in [0.1, 0.15) is 42.4 Å². The minimum atomic E-state index is -4.34. The first-order chi connectivity index (χ1) is 25.2. The molecule has 0 saturated carbocycles. The molecular weight excluding hydrogens is 771 g/mol. The smallest absolute Gasteiger partial charge is 0.325 e. The zero-order valence-electron chi connectivity index (χ0n) is 30.5. The number of aromatic amines is 1. The van der Waals surface area contributed by atoms with Gasteiger partial charge in [0.15, 0.2) is 49.6 Å². The zero-order chi connectivity index (χ0) is 39.5. The van der Waals surface area contributed by atoms with Crippen LogP contribution in [0, 0.1) is 5.92 Å². The third-order valence-corrected chi connectivity index (χ3v) is 15.8. The van der Waals surface area contributed by atoms with Gasteiger partial charge in [-0.05, 0) is 29.9 Å². The number of nitrogens with two attached hydrogens (primary N) is 1. The average molecular weight is 815 g/mol. The number of halogens is 1. The Morgan fingerprint density at radius 3 is 2.41 bits per heavy atom. The number of aliphatic hydroxyl groups excluding tert-OH is 2. The molecule has 2 aliphatic rings. The van der Waals surface area contributed by atoms with Gasteiger partial charge in [-0.25, -0.2) is 24.3 Å². The van der Waals surface area contributed by atoms with Gasteiger partial charge in [-0.3, -0.25) is 33.5 Å². The van der Waals surface area contributed by atoms with Crippen molar-refractivity contribution < 1.29 is 47.2 Å². The van der Waals surface area contributed by atoms with Crippen LogP contribution in [0.1, 0.15) is 47.1 Å². The van der Waals surface area contributed by atoms with Crippen LogP contribution in [0.4, 0.5) is 16.2 Å². The van der Waals surface area contributed by atoms with Crippen molar-refractivity contribution in [2.24, 2.45) is 5.92 Å². The van der Waals surface area contributed by atoms with Crippen molar-refractivity contribution >= 4 is 66.8 Å². The van der Waals surface area contributed by atoms with E-state index < -0.39 is 94.8 Å². The Labute approximate surface area is 314 Å². The van der Waals surface area contributed by atoms with Crippen LogP contribution < -0.4 is 16.6 Å². The van der Waals surface area contributed by atoms with E-state index in [2.05, 4.69) is 35.2 Å². The molecule has 0 radical (unpaired) electrons. The van der Waals surface area contributed by atoms with E-state index in [1.165, 1.54) is 28.1 Å². The van der Waals surface area contributed by atoms with Gasteiger partial charge in [0.2, 0.25) is 11.9 Å². The number of anilines is 2. The number of nitrogen functional groups attached to an aromatic ring is 1. The van der Waals surface area contributed by atoms with Crippen LogP contribution in [-0.4, -0.2) is 118 Å². The van der Waals surface area contributed by atoms with Crippen LogP contribution in [0.3, 0.4) is 0 Å². The molecular formula is C30H44FN10O10PSSi. The number of rotatable bonds is 12. The molecule has 4 aromatic heterocycles. The minimum Gasteiger partial charge on any atom is -0.408 e. The first-order valence-electron chi connectivity index (χ1n) is 17.0. The van der Waals surface area contributed by atoms with E-state index in [9.17, 15) is 24.7 Å². The van der Waals surface area contributed by atoms with Crippen molar-refractivity contribution in [3.05, 3.63) is 29.3 Å². The van der Waals surface area contributed by atoms with Gasteiger partial charge >= 0.3 is 6.72 Å². The van der Waals surface area contributed by atoms with E-state index in [1.54, 1.807) is 13.8 Å². The number of hydrogen-bond donors (Lipinski definition) is 6. The fraction of sp³-hybridized carbons (Fsp3) is 0.633. The van der Waals surface area contributed by atoms with Crippen molar-refractivity contribution in [2.75, 3.05) is 24.3 Å². The number of aliphatic hydroxyl groups is 2. The SMILES string of the molecule is CC(C)C(=O)Nc1nc2c(ncn2[C@@H]2O[C@H](CO)C(O[Si](C)(C)C(C)(C)C)C2OP(O)(=S)OC[C@H]2O[C@@H](n3cnc4c(N)ncnc43)C(F)C2O)c(=O)[nH]1. The Morgan fingerprint density at radius 2 is 1.76 bits per heavy atom. The number of carbonyl (C=O) groups is 1. The van der Waals surface area contributed by atoms with Gasteiger partial charge in [-0.1, -0.05) is 34.6 Å². The summed E-state index contributed by atoms with van der Waals surface area (Å²) in [5.74, 6) is -0.895. The Bertz CT molecular complexity index is 2130. The van der Waals surface area contributed by atoms with Crippen LogP contribution in [0.5, 0.6) is 0 Å². The molecule has 54 heavy (non-hydrogen) atoms. The minimum absolute atomic E-state index is 0.0187. The van der Waals surface area contributed by atoms with Crippen LogP contribution >= 0.6 is 6.72 Å². The number of aromatic nitrogens is 8. The highest BCUT2D eigenvalue weighted by Crippen LogP contribution is 2.52. The average Bonchev–Trinajstić information content (AvgIpc) is 3.85. The molecule has 0 bridgehead atoms. The van der Waals surface area contributed by atoms with Crippen molar-refractivity contribution in [3.8, 4) is 0 Å². The lowest BCUT2D eigenvalue weighted by atomic mass is 10.1. The molecule has 1 amide bonds. The number of fused-ring (bicyclic) bond motifs is 2. The largest absolute Gasteiger partial charge is 0.408 e. The van der Waals surface area contributed by atoms with E-state index in [0.29, 0.717) is 0 Å². The van der Waals surface area contributed by atoms with E-state index in [-0.39, 0.29) is 39.1 Å². The summed E-state index contributed by atoms with van der Waals surface area (Å²) < 4.78 is 48.7. The number of ether oxygens (including phenoxy) is 2. The number of alkyl halides is 1. The lowest BCUT2D eigenvalue weighted by molar-refractivity contribution is -0.118. The number of nitrogens with one attached hydrogen (secondary N) is 2. The number of imidazole rings is 2. The van der Waals surface area contributed by atoms with Gasteiger partial charge in [0.25, 0.3) is 5.56 Å². The van der Waals surface area contributed by atoms with E-state index in [4.69, 9.17) is 40.5 Å². The molecule has 2 fully saturated rings. The van der Waals surface area contributed by atoms with Crippen molar-refractivity contribution in [1.29, 1.82) is 0 Å². The number of H-pyrrole nitrogens is 1. The van der Waals surface area contributed by atoms with Crippen molar-refractivity contribution in [1.82, 2.24) is 39.0 Å². The second-order valence-corrected chi connectivity index (χ2v) is 22.4. The maximum atomic E-state index is 15.5. The lowest BCUT2D eigenvalue weighted by Crippen LogP contribution is -2.50. The molecule has 7 N–H and O–H groups in total. The van der Waals surface area contributed by atoms with Crippen LogP contribution in [0.2, 0.25) is 18.1 Å². The molecule has 2 saturated heterocycles. The maximum absolute atomic E-state index is 15.5. The van der Waals surface area contributed by atoms with E-state index >= 15 is 4.39 Å². The van der Waals surface area contributed by atoms with E-state index in [1.807, 2.05) is 33.9 Å². The summed E-state index contributed by atoms with van der Waals surface area (Å²) in [6.07, 6.45) is -7.34. The predicted molar refractivity (Wildman–Crippen MR) is 197 cm³/mol. The van der Waals surface area contributed by atoms with Crippen LogP contribution in [0.15, 0.2) is 23.8 Å². The van der Waals surface area contributed by atoms with Crippen molar-refractivity contribution in [3.63, 3.8) is 0 Å². The van der Waals surface area contributed by atoms with Gasteiger partial charge < -0.3 is 39.3 Å². The molecule has 2 aliphatic heterocycles. The summed E-state index contributed by atoms with van der Waals surface area (Å²) in [5, 5.41) is 23.5. The first-order valence-corrected chi connectivity index (χ1v) is 22.5.